The van der Waals surface area contributed by atoms with Gasteiger partial charge >= 0.3 is 6.18 Å². The minimum absolute atomic E-state index is 0.195. The summed E-state index contributed by atoms with van der Waals surface area (Å²) in [6, 6.07) is 4.87. The topological polar surface area (TPSA) is 44.5 Å². The van der Waals surface area contributed by atoms with Crippen LogP contribution in [-0.2, 0) is 22.1 Å². The Balaban J connectivity index is 1.88. The minimum atomic E-state index is -4.30. The van der Waals surface area contributed by atoms with Crippen LogP contribution in [0.5, 0.6) is 0 Å². The van der Waals surface area contributed by atoms with Crippen molar-refractivity contribution in [2.45, 2.75) is 31.3 Å². The molecule has 0 saturated carbocycles. The van der Waals surface area contributed by atoms with Gasteiger partial charge in [0.1, 0.15) is 0 Å². The van der Waals surface area contributed by atoms with E-state index in [1.165, 1.54) is 12.1 Å². The van der Waals surface area contributed by atoms with Crippen molar-refractivity contribution in [3.05, 3.63) is 35.4 Å². The SMILES string of the molecule is NC(Cc1ccc(C(F)(F)F)cc1)CC1OCCO1. The highest BCUT2D eigenvalue weighted by Crippen LogP contribution is 2.29. The molecule has 106 valence electrons. The van der Waals surface area contributed by atoms with Gasteiger partial charge in [0.25, 0.3) is 0 Å². The van der Waals surface area contributed by atoms with Gasteiger partial charge in [0.05, 0.1) is 18.8 Å². The molecule has 2 rings (SSSR count). The predicted octanol–water partition coefficient (Wildman–Crippen LogP) is 2.34. The number of halogens is 3. The van der Waals surface area contributed by atoms with Crippen LogP contribution in [0.2, 0.25) is 0 Å². The van der Waals surface area contributed by atoms with E-state index in [0.29, 0.717) is 26.1 Å². The largest absolute Gasteiger partial charge is 0.416 e. The molecule has 19 heavy (non-hydrogen) atoms. The van der Waals surface area contributed by atoms with E-state index in [1.807, 2.05) is 0 Å². The highest BCUT2D eigenvalue weighted by Gasteiger charge is 2.30. The van der Waals surface area contributed by atoms with E-state index in [0.717, 1.165) is 17.7 Å². The molecule has 1 aliphatic heterocycles. The third kappa shape index (κ3) is 4.19. The van der Waals surface area contributed by atoms with Crippen molar-refractivity contribution in [2.24, 2.45) is 5.73 Å². The van der Waals surface area contributed by atoms with Crippen molar-refractivity contribution in [1.82, 2.24) is 0 Å². The lowest BCUT2D eigenvalue weighted by Gasteiger charge is -2.16. The first-order chi connectivity index (χ1) is 8.95. The van der Waals surface area contributed by atoms with Gasteiger partial charge in [0.2, 0.25) is 0 Å². The van der Waals surface area contributed by atoms with Gasteiger partial charge in [-0.3, -0.25) is 0 Å². The average Bonchev–Trinajstić information content (AvgIpc) is 2.81. The quantitative estimate of drug-likeness (QED) is 0.917. The van der Waals surface area contributed by atoms with Gasteiger partial charge < -0.3 is 15.2 Å². The first kappa shape index (κ1) is 14.3. The van der Waals surface area contributed by atoms with E-state index in [9.17, 15) is 13.2 Å². The van der Waals surface area contributed by atoms with Gasteiger partial charge in [0.15, 0.2) is 6.29 Å². The fourth-order valence-electron chi connectivity index (χ4n) is 2.01. The Morgan fingerprint density at radius 1 is 1.16 bits per heavy atom. The molecule has 0 bridgehead atoms. The number of nitrogens with two attached hydrogens (primary N) is 1. The average molecular weight is 275 g/mol. The lowest BCUT2D eigenvalue weighted by Crippen LogP contribution is -2.28. The molecule has 1 saturated heterocycles. The Hall–Kier alpha value is -1.11. The molecule has 0 amide bonds. The Labute approximate surface area is 109 Å². The molecular formula is C13H16F3NO2. The second-order valence-electron chi connectivity index (χ2n) is 4.57. The summed E-state index contributed by atoms with van der Waals surface area (Å²) in [6.45, 7) is 1.13. The summed E-state index contributed by atoms with van der Waals surface area (Å²) < 4.78 is 47.7. The first-order valence-electron chi connectivity index (χ1n) is 6.10. The fraction of sp³-hybridized carbons (Fsp3) is 0.538. The van der Waals surface area contributed by atoms with Gasteiger partial charge in [0, 0.05) is 12.5 Å². The number of hydrogen-bond acceptors (Lipinski definition) is 3. The van der Waals surface area contributed by atoms with Crippen LogP contribution in [0.1, 0.15) is 17.5 Å². The molecule has 0 aromatic heterocycles. The standard InChI is InChI=1S/C13H16F3NO2/c14-13(15,16)10-3-1-9(2-4-10)7-11(17)8-12-18-5-6-19-12/h1-4,11-12H,5-8,17H2. The van der Waals surface area contributed by atoms with Gasteiger partial charge in [-0.15, -0.1) is 0 Å². The van der Waals surface area contributed by atoms with E-state index in [-0.39, 0.29) is 12.3 Å². The summed E-state index contributed by atoms with van der Waals surface area (Å²) in [7, 11) is 0. The molecule has 1 aliphatic rings. The molecule has 0 radical (unpaired) electrons. The lowest BCUT2D eigenvalue weighted by molar-refractivity contribution is -0.137. The van der Waals surface area contributed by atoms with Crippen molar-refractivity contribution in [3.8, 4) is 0 Å². The Kier molecular flexibility index (Phi) is 4.44. The Morgan fingerprint density at radius 2 is 1.74 bits per heavy atom. The Morgan fingerprint density at radius 3 is 2.26 bits per heavy atom. The van der Waals surface area contributed by atoms with E-state index in [2.05, 4.69) is 0 Å². The van der Waals surface area contributed by atoms with Crippen LogP contribution in [0, 0.1) is 0 Å². The highest BCUT2D eigenvalue weighted by molar-refractivity contribution is 5.25. The van der Waals surface area contributed by atoms with E-state index < -0.39 is 11.7 Å². The summed E-state index contributed by atoms with van der Waals surface area (Å²) in [5.41, 5.74) is 6.06. The maximum Gasteiger partial charge on any atom is 0.416 e. The zero-order chi connectivity index (χ0) is 13.9. The maximum absolute atomic E-state index is 12.4. The molecule has 6 heteroatoms. The smallest absolute Gasteiger partial charge is 0.350 e. The van der Waals surface area contributed by atoms with Crippen molar-refractivity contribution in [2.75, 3.05) is 13.2 Å². The lowest BCUT2D eigenvalue weighted by atomic mass is 10.0. The van der Waals surface area contributed by atoms with E-state index in [4.69, 9.17) is 15.2 Å². The van der Waals surface area contributed by atoms with Crippen LogP contribution in [0.15, 0.2) is 24.3 Å². The Bertz CT molecular complexity index is 399. The van der Waals surface area contributed by atoms with E-state index in [1.54, 1.807) is 0 Å². The molecule has 1 heterocycles. The second-order valence-corrected chi connectivity index (χ2v) is 4.57. The summed E-state index contributed by atoms with van der Waals surface area (Å²) in [6.07, 6.45) is -3.54. The number of alkyl halides is 3. The molecule has 1 unspecified atom stereocenters. The second kappa shape index (κ2) is 5.90. The number of benzene rings is 1. The summed E-state index contributed by atoms with van der Waals surface area (Å²) in [4.78, 5) is 0. The van der Waals surface area contributed by atoms with Gasteiger partial charge in [-0.05, 0) is 24.1 Å². The van der Waals surface area contributed by atoms with Crippen LogP contribution in [0.4, 0.5) is 13.2 Å². The fourth-order valence-corrected chi connectivity index (χ4v) is 2.01. The van der Waals surface area contributed by atoms with Gasteiger partial charge in [-0.1, -0.05) is 12.1 Å². The van der Waals surface area contributed by atoms with Crippen LogP contribution in [0.3, 0.4) is 0 Å². The minimum Gasteiger partial charge on any atom is -0.350 e. The third-order valence-corrected chi connectivity index (χ3v) is 2.97. The normalized spacial score (nSPS) is 18.7. The third-order valence-electron chi connectivity index (χ3n) is 2.97. The van der Waals surface area contributed by atoms with Crippen molar-refractivity contribution in [3.63, 3.8) is 0 Å². The van der Waals surface area contributed by atoms with Crippen molar-refractivity contribution >= 4 is 0 Å². The predicted molar refractivity (Wildman–Crippen MR) is 63.4 cm³/mol. The maximum atomic E-state index is 12.4. The zero-order valence-electron chi connectivity index (χ0n) is 10.3. The summed E-state index contributed by atoms with van der Waals surface area (Å²) in [5.74, 6) is 0. The first-order valence-corrected chi connectivity index (χ1v) is 6.10. The van der Waals surface area contributed by atoms with Crippen LogP contribution >= 0.6 is 0 Å². The molecule has 1 aromatic rings. The molecule has 1 atom stereocenters. The zero-order valence-corrected chi connectivity index (χ0v) is 10.3. The summed E-state index contributed by atoms with van der Waals surface area (Å²) >= 11 is 0. The molecule has 0 spiro atoms. The molecular weight excluding hydrogens is 259 g/mol. The van der Waals surface area contributed by atoms with Crippen LogP contribution < -0.4 is 5.73 Å². The number of rotatable bonds is 4. The summed E-state index contributed by atoms with van der Waals surface area (Å²) in [5, 5.41) is 0. The number of hydrogen-bond donors (Lipinski definition) is 1. The van der Waals surface area contributed by atoms with E-state index >= 15 is 0 Å². The van der Waals surface area contributed by atoms with Crippen LogP contribution in [-0.4, -0.2) is 25.5 Å². The monoisotopic (exact) mass is 275 g/mol. The van der Waals surface area contributed by atoms with Gasteiger partial charge in [-0.2, -0.15) is 13.2 Å². The molecule has 2 N–H and O–H groups in total. The van der Waals surface area contributed by atoms with Crippen molar-refractivity contribution < 1.29 is 22.6 Å². The van der Waals surface area contributed by atoms with Gasteiger partial charge in [-0.25, -0.2) is 0 Å². The number of ether oxygens (including phenoxy) is 2. The molecule has 3 nitrogen and oxygen atoms in total. The molecule has 1 fully saturated rings. The molecule has 0 aliphatic carbocycles. The molecule has 1 aromatic carbocycles. The van der Waals surface area contributed by atoms with Crippen molar-refractivity contribution in [1.29, 1.82) is 0 Å². The van der Waals surface area contributed by atoms with Crippen LogP contribution in [0.25, 0.3) is 0 Å². The highest BCUT2D eigenvalue weighted by atomic mass is 19.4.